The van der Waals surface area contributed by atoms with Crippen LogP contribution in [0, 0.1) is 0 Å². The van der Waals surface area contributed by atoms with Crippen molar-refractivity contribution in [1.29, 1.82) is 0 Å². The van der Waals surface area contributed by atoms with E-state index < -0.39 is 7.06 Å². The Morgan fingerprint density at radius 1 is 0.714 bits per heavy atom. The first kappa shape index (κ1) is 14.3. The zero-order chi connectivity index (χ0) is 11.1. The van der Waals surface area contributed by atoms with Crippen molar-refractivity contribution in [1.82, 2.24) is 0 Å². The Morgan fingerprint density at radius 3 is 1.43 bits per heavy atom. The van der Waals surface area contributed by atoms with Gasteiger partial charge >= 0.3 is 88.2 Å². The van der Waals surface area contributed by atoms with E-state index in [1.807, 2.05) is 6.92 Å². The minimum atomic E-state index is -3.26. The van der Waals surface area contributed by atoms with Crippen molar-refractivity contribution in [2.24, 2.45) is 0 Å². The van der Waals surface area contributed by atoms with Gasteiger partial charge in [0.15, 0.2) is 0 Å². The van der Waals surface area contributed by atoms with E-state index >= 15 is 0 Å². The van der Waals surface area contributed by atoms with Gasteiger partial charge in [0.2, 0.25) is 0 Å². The molecule has 14 heavy (non-hydrogen) atoms. The van der Waals surface area contributed by atoms with Crippen LogP contribution in [0.25, 0.3) is 0 Å². The molecule has 0 saturated heterocycles. The summed E-state index contributed by atoms with van der Waals surface area (Å²) in [7, 11) is -3.26. The Kier molecular flexibility index (Phi) is 6.20. The van der Waals surface area contributed by atoms with Crippen molar-refractivity contribution in [2.75, 3.05) is 18.5 Å². The van der Waals surface area contributed by atoms with Crippen LogP contribution in [0.2, 0.25) is 0 Å². The fourth-order valence-corrected chi connectivity index (χ4v) is 5.69. The molecule has 0 amide bonds. The van der Waals surface area contributed by atoms with E-state index in [2.05, 4.69) is 13.8 Å². The van der Waals surface area contributed by atoms with Gasteiger partial charge in [0.25, 0.3) is 0 Å². The average Bonchev–Trinajstić information content (AvgIpc) is 2.13. The summed E-state index contributed by atoms with van der Waals surface area (Å²) in [4.78, 5) is 20.8. The predicted molar refractivity (Wildman–Crippen MR) is 66.1 cm³/mol. The Bertz CT molecular complexity index is 145. The summed E-state index contributed by atoms with van der Waals surface area (Å²) in [6, 6.07) is 0. The second kappa shape index (κ2) is 6.05. The molecule has 2 nitrogen and oxygen atoms in total. The molecule has 0 saturated carbocycles. The van der Waals surface area contributed by atoms with Crippen molar-refractivity contribution >= 4 is 7.06 Å². The van der Waals surface area contributed by atoms with E-state index in [9.17, 15) is 9.79 Å². The van der Waals surface area contributed by atoms with E-state index in [1.165, 1.54) is 0 Å². The second-order valence-corrected chi connectivity index (χ2v) is 9.05. The molecule has 0 aromatic heterocycles. The number of hydrogen-bond acceptors (Lipinski definition) is 2. The maximum absolute atomic E-state index is 10.4. The molecule has 0 aliphatic heterocycles. The minimum absolute atomic E-state index is 0.631. The summed E-state index contributed by atoms with van der Waals surface area (Å²) in [5, 5.41) is 0. The van der Waals surface area contributed by atoms with E-state index in [4.69, 9.17) is 0 Å². The molecular weight excluding hydrogens is 195 g/mol. The molecule has 0 heterocycles. The van der Waals surface area contributed by atoms with Crippen LogP contribution in [0.5, 0.6) is 0 Å². The van der Waals surface area contributed by atoms with Crippen LogP contribution in [0.4, 0.5) is 0 Å². The molecule has 2 N–H and O–H groups in total. The SMILES string of the molecule is CCCCP(O)(O)(CCC)CCCC. The van der Waals surface area contributed by atoms with Gasteiger partial charge in [0.1, 0.15) is 0 Å². The zero-order valence-electron chi connectivity index (χ0n) is 10.00. The topological polar surface area (TPSA) is 40.5 Å². The van der Waals surface area contributed by atoms with Crippen molar-refractivity contribution < 1.29 is 9.79 Å². The molecule has 0 aromatic rings. The summed E-state index contributed by atoms with van der Waals surface area (Å²) in [6.45, 7) is 6.23. The summed E-state index contributed by atoms with van der Waals surface area (Å²) in [5.74, 6) is 0. The van der Waals surface area contributed by atoms with E-state index in [-0.39, 0.29) is 0 Å². The van der Waals surface area contributed by atoms with Gasteiger partial charge in [-0.3, -0.25) is 0 Å². The second-order valence-electron chi connectivity index (χ2n) is 4.49. The molecule has 88 valence electrons. The zero-order valence-corrected chi connectivity index (χ0v) is 10.9. The fraction of sp³-hybridized carbons (Fsp3) is 1.00. The van der Waals surface area contributed by atoms with E-state index in [0.29, 0.717) is 18.5 Å². The van der Waals surface area contributed by atoms with Gasteiger partial charge in [0, 0.05) is 0 Å². The maximum atomic E-state index is 10.4. The number of unbranched alkanes of at least 4 members (excludes halogenated alkanes) is 2. The summed E-state index contributed by atoms with van der Waals surface area (Å²) >= 11 is 0. The Labute approximate surface area is 88.8 Å². The molecule has 0 unspecified atom stereocenters. The third-order valence-electron chi connectivity index (χ3n) is 2.80. The van der Waals surface area contributed by atoms with Crippen LogP contribution in [-0.4, -0.2) is 28.3 Å². The van der Waals surface area contributed by atoms with Crippen LogP contribution in [-0.2, 0) is 0 Å². The molecule has 0 aliphatic rings. The summed E-state index contributed by atoms with van der Waals surface area (Å²) in [5.41, 5.74) is 0. The van der Waals surface area contributed by atoms with Crippen LogP contribution in [0.15, 0.2) is 0 Å². The van der Waals surface area contributed by atoms with Crippen LogP contribution >= 0.6 is 7.06 Å². The number of rotatable bonds is 8. The molecule has 0 aliphatic carbocycles. The summed E-state index contributed by atoms with van der Waals surface area (Å²) < 4.78 is 0. The van der Waals surface area contributed by atoms with Crippen molar-refractivity contribution in [3.8, 4) is 0 Å². The standard InChI is InChI=1S/C11H27O2P/c1-4-7-10-14(12,13,9-6-3)11-8-5-2/h12-13H,4-11H2,1-3H3. The first-order valence-corrected chi connectivity index (χ1v) is 8.67. The van der Waals surface area contributed by atoms with E-state index in [0.717, 1.165) is 32.1 Å². The average molecular weight is 222 g/mol. The quantitative estimate of drug-likeness (QED) is 0.618. The van der Waals surface area contributed by atoms with Crippen LogP contribution in [0.1, 0.15) is 52.9 Å². The molecule has 0 atom stereocenters. The van der Waals surface area contributed by atoms with Gasteiger partial charge in [-0.15, -0.1) is 0 Å². The fourth-order valence-electron chi connectivity index (χ4n) is 1.90. The molecular formula is C11H27O2P. The van der Waals surface area contributed by atoms with Crippen LogP contribution in [0.3, 0.4) is 0 Å². The number of hydrogen-bond donors (Lipinski definition) is 2. The van der Waals surface area contributed by atoms with Gasteiger partial charge < -0.3 is 0 Å². The molecule has 0 fully saturated rings. The third-order valence-corrected chi connectivity index (χ3v) is 6.97. The van der Waals surface area contributed by atoms with Gasteiger partial charge in [-0.1, -0.05) is 0 Å². The Hall–Kier alpha value is 0.350. The van der Waals surface area contributed by atoms with Gasteiger partial charge in [0.05, 0.1) is 0 Å². The molecule has 0 aromatic carbocycles. The summed E-state index contributed by atoms with van der Waals surface area (Å²) in [6.07, 6.45) is 6.82. The molecule has 0 bridgehead atoms. The normalized spacial score (nSPS) is 15.1. The predicted octanol–water partition coefficient (Wildman–Crippen LogP) is 3.36. The third kappa shape index (κ3) is 5.29. The van der Waals surface area contributed by atoms with E-state index in [1.54, 1.807) is 0 Å². The monoisotopic (exact) mass is 222 g/mol. The van der Waals surface area contributed by atoms with Crippen molar-refractivity contribution in [2.45, 2.75) is 52.9 Å². The molecule has 0 rings (SSSR count). The van der Waals surface area contributed by atoms with Crippen molar-refractivity contribution in [3.63, 3.8) is 0 Å². The van der Waals surface area contributed by atoms with Gasteiger partial charge in [-0.2, -0.15) is 0 Å². The van der Waals surface area contributed by atoms with Crippen LogP contribution < -0.4 is 0 Å². The molecule has 0 spiro atoms. The van der Waals surface area contributed by atoms with Gasteiger partial charge in [-0.25, -0.2) is 0 Å². The Morgan fingerprint density at radius 2 is 1.14 bits per heavy atom. The Balaban J connectivity index is 4.30. The molecule has 3 heteroatoms. The van der Waals surface area contributed by atoms with Crippen molar-refractivity contribution in [3.05, 3.63) is 0 Å². The first-order chi connectivity index (χ1) is 6.46. The van der Waals surface area contributed by atoms with Gasteiger partial charge in [-0.05, 0) is 0 Å². The first-order valence-electron chi connectivity index (χ1n) is 5.97. The molecule has 0 radical (unpaired) electrons.